The van der Waals surface area contributed by atoms with E-state index in [2.05, 4.69) is 6.92 Å². The van der Waals surface area contributed by atoms with Crippen molar-refractivity contribution in [2.45, 2.75) is 19.8 Å². The van der Waals surface area contributed by atoms with Crippen LogP contribution in [0, 0.1) is 0 Å². The molecule has 0 aliphatic carbocycles. The zero-order valence-corrected chi connectivity index (χ0v) is 9.66. The van der Waals surface area contributed by atoms with Gasteiger partial charge in [-0.05, 0) is 18.6 Å². The zero-order chi connectivity index (χ0) is 12.0. The van der Waals surface area contributed by atoms with E-state index in [1.54, 1.807) is 18.2 Å². The molecule has 0 bridgehead atoms. The third-order valence-electron chi connectivity index (χ3n) is 2.21. The smallest absolute Gasteiger partial charge is 0.252 e. The molecule has 0 fully saturated rings. The summed E-state index contributed by atoms with van der Waals surface area (Å²) in [6.45, 7) is 2.62. The summed E-state index contributed by atoms with van der Waals surface area (Å²) >= 11 is 0. The van der Waals surface area contributed by atoms with Gasteiger partial charge < -0.3 is 15.2 Å². The molecule has 88 valence electrons. The summed E-state index contributed by atoms with van der Waals surface area (Å²) in [7, 11) is 1.53. The number of unbranched alkanes of at least 4 members (excludes halogenated alkanes) is 1. The van der Waals surface area contributed by atoms with Crippen LogP contribution in [0.3, 0.4) is 0 Å². The van der Waals surface area contributed by atoms with E-state index in [4.69, 9.17) is 15.2 Å². The van der Waals surface area contributed by atoms with E-state index in [-0.39, 0.29) is 0 Å². The number of nitrogens with two attached hydrogens (primary N) is 1. The van der Waals surface area contributed by atoms with Gasteiger partial charge in [-0.25, -0.2) is 0 Å². The molecule has 0 unspecified atom stereocenters. The first-order valence-corrected chi connectivity index (χ1v) is 5.30. The topological polar surface area (TPSA) is 61.6 Å². The van der Waals surface area contributed by atoms with Crippen LogP contribution in [0.1, 0.15) is 30.1 Å². The summed E-state index contributed by atoms with van der Waals surface area (Å²) in [5, 5.41) is 0. The van der Waals surface area contributed by atoms with E-state index in [0.29, 0.717) is 23.7 Å². The summed E-state index contributed by atoms with van der Waals surface area (Å²) in [6.07, 6.45) is 1.96. The molecule has 16 heavy (non-hydrogen) atoms. The summed E-state index contributed by atoms with van der Waals surface area (Å²) < 4.78 is 10.7. The first-order chi connectivity index (χ1) is 7.70. The summed E-state index contributed by atoms with van der Waals surface area (Å²) in [5.41, 5.74) is 5.62. The Balaban J connectivity index is 2.95. The van der Waals surface area contributed by atoms with Crippen LogP contribution in [0.25, 0.3) is 0 Å². The lowest BCUT2D eigenvalue weighted by Crippen LogP contribution is -2.14. The molecule has 0 spiro atoms. The van der Waals surface area contributed by atoms with Crippen molar-refractivity contribution in [1.82, 2.24) is 0 Å². The SMILES string of the molecule is CCCCOc1c(OC)cccc1C(N)=O. The normalized spacial score (nSPS) is 9.88. The highest BCUT2D eigenvalue weighted by Crippen LogP contribution is 2.30. The van der Waals surface area contributed by atoms with Gasteiger partial charge in [0.1, 0.15) is 0 Å². The molecule has 1 aromatic carbocycles. The third kappa shape index (κ3) is 2.89. The molecular formula is C12H17NO3. The number of methoxy groups -OCH3 is 1. The molecule has 0 saturated heterocycles. The third-order valence-corrected chi connectivity index (χ3v) is 2.21. The lowest BCUT2D eigenvalue weighted by atomic mass is 10.1. The van der Waals surface area contributed by atoms with E-state index >= 15 is 0 Å². The quantitative estimate of drug-likeness (QED) is 0.750. The maximum atomic E-state index is 11.2. The lowest BCUT2D eigenvalue weighted by Gasteiger charge is -2.12. The van der Waals surface area contributed by atoms with Gasteiger partial charge in [0.15, 0.2) is 11.5 Å². The fourth-order valence-corrected chi connectivity index (χ4v) is 1.34. The Labute approximate surface area is 95.3 Å². The molecule has 0 radical (unpaired) electrons. The minimum Gasteiger partial charge on any atom is -0.493 e. The standard InChI is InChI=1S/C12H17NO3/c1-3-4-8-16-11-9(12(13)14)6-5-7-10(11)15-2/h5-7H,3-4,8H2,1-2H3,(H2,13,14). The molecule has 2 N–H and O–H groups in total. The molecule has 0 aromatic heterocycles. The van der Waals surface area contributed by atoms with Crippen molar-refractivity contribution in [2.24, 2.45) is 5.73 Å². The predicted molar refractivity (Wildman–Crippen MR) is 61.9 cm³/mol. The lowest BCUT2D eigenvalue weighted by molar-refractivity contribution is 0.0995. The number of primary amides is 1. The van der Waals surface area contributed by atoms with Gasteiger partial charge in [0.2, 0.25) is 0 Å². The van der Waals surface area contributed by atoms with Crippen LogP contribution in [0.15, 0.2) is 18.2 Å². The number of hydrogen-bond acceptors (Lipinski definition) is 3. The average Bonchev–Trinajstić information content (AvgIpc) is 2.29. The molecule has 0 heterocycles. The van der Waals surface area contributed by atoms with Crippen LogP contribution in [0.4, 0.5) is 0 Å². The monoisotopic (exact) mass is 223 g/mol. The van der Waals surface area contributed by atoms with Crippen molar-refractivity contribution in [2.75, 3.05) is 13.7 Å². The number of carbonyl (C=O) groups is 1. The molecule has 0 atom stereocenters. The van der Waals surface area contributed by atoms with Gasteiger partial charge in [0, 0.05) is 0 Å². The first-order valence-electron chi connectivity index (χ1n) is 5.30. The minimum atomic E-state index is -0.509. The second-order valence-electron chi connectivity index (χ2n) is 3.40. The Morgan fingerprint density at radius 1 is 1.44 bits per heavy atom. The van der Waals surface area contributed by atoms with E-state index in [1.165, 1.54) is 7.11 Å². The Morgan fingerprint density at radius 3 is 2.75 bits per heavy atom. The molecule has 1 aromatic rings. The number of ether oxygens (including phenoxy) is 2. The van der Waals surface area contributed by atoms with Crippen LogP contribution in [0.2, 0.25) is 0 Å². The van der Waals surface area contributed by atoms with Gasteiger partial charge in [-0.3, -0.25) is 4.79 Å². The van der Waals surface area contributed by atoms with E-state index in [0.717, 1.165) is 12.8 Å². The predicted octanol–water partition coefficient (Wildman–Crippen LogP) is 1.97. The van der Waals surface area contributed by atoms with Crippen LogP contribution in [0.5, 0.6) is 11.5 Å². The van der Waals surface area contributed by atoms with Gasteiger partial charge >= 0.3 is 0 Å². The molecule has 1 rings (SSSR count). The van der Waals surface area contributed by atoms with Crippen LogP contribution in [-0.2, 0) is 0 Å². The summed E-state index contributed by atoms with van der Waals surface area (Å²) in [6, 6.07) is 5.09. The van der Waals surface area contributed by atoms with Gasteiger partial charge in [-0.2, -0.15) is 0 Å². The van der Waals surface area contributed by atoms with Gasteiger partial charge in [0.25, 0.3) is 5.91 Å². The number of rotatable bonds is 6. The second kappa shape index (κ2) is 6.00. The van der Waals surface area contributed by atoms with Crippen molar-refractivity contribution in [3.63, 3.8) is 0 Å². The average molecular weight is 223 g/mol. The molecule has 4 nitrogen and oxygen atoms in total. The first kappa shape index (κ1) is 12.4. The van der Waals surface area contributed by atoms with E-state index < -0.39 is 5.91 Å². The van der Waals surface area contributed by atoms with Gasteiger partial charge in [0.05, 0.1) is 19.3 Å². The molecule has 4 heteroatoms. The maximum absolute atomic E-state index is 11.2. The Morgan fingerprint density at radius 2 is 2.19 bits per heavy atom. The maximum Gasteiger partial charge on any atom is 0.252 e. The number of para-hydroxylation sites is 1. The van der Waals surface area contributed by atoms with E-state index in [9.17, 15) is 4.79 Å². The molecule has 1 amide bonds. The van der Waals surface area contributed by atoms with Gasteiger partial charge in [-0.15, -0.1) is 0 Å². The Kier molecular flexibility index (Phi) is 4.64. The van der Waals surface area contributed by atoms with Crippen LogP contribution < -0.4 is 15.2 Å². The molecular weight excluding hydrogens is 206 g/mol. The van der Waals surface area contributed by atoms with Crippen molar-refractivity contribution < 1.29 is 14.3 Å². The molecule has 0 saturated carbocycles. The number of benzene rings is 1. The number of hydrogen-bond donors (Lipinski definition) is 1. The highest BCUT2D eigenvalue weighted by Gasteiger charge is 2.14. The fourth-order valence-electron chi connectivity index (χ4n) is 1.34. The molecule has 0 aliphatic rings. The van der Waals surface area contributed by atoms with Crippen LogP contribution >= 0.6 is 0 Å². The van der Waals surface area contributed by atoms with Crippen molar-refractivity contribution in [1.29, 1.82) is 0 Å². The van der Waals surface area contributed by atoms with Crippen molar-refractivity contribution in [3.05, 3.63) is 23.8 Å². The van der Waals surface area contributed by atoms with Gasteiger partial charge in [-0.1, -0.05) is 19.4 Å². The molecule has 0 aliphatic heterocycles. The fraction of sp³-hybridized carbons (Fsp3) is 0.417. The number of carbonyl (C=O) groups excluding carboxylic acids is 1. The Hall–Kier alpha value is -1.71. The minimum absolute atomic E-state index is 0.357. The zero-order valence-electron chi connectivity index (χ0n) is 9.66. The highest BCUT2D eigenvalue weighted by molar-refractivity contribution is 5.96. The second-order valence-corrected chi connectivity index (χ2v) is 3.40. The van der Waals surface area contributed by atoms with Crippen molar-refractivity contribution >= 4 is 5.91 Å². The summed E-state index contributed by atoms with van der Waals surface area (Å²) in [5.74, 6) is 0.462. The Bertz CT molecular complexity index is 363. The number of amides is 1. The van der Waals surface area contributed by atoms with Crippen LogP contribution in [-0.4, -0.2) is 19.6 Å². The highest BCUT2D eigenvalue weighted by atomic mass is 16.5. The van der Waals surface area contributed by atoms with E-state index in [1.807, 2.05) is 0 Å². The largest absolute Gasteiger partial charge is 0.493 e. The summed E-state index contributed by atoms with van der Waals surface area (Å²) in [4.78, 5) is 11.2. The van der Waals surface area contributed by atoms with Crippen molar-refractivity contribution in [3.8, 4) is 11.5 Å².